The number of hydrogen-bond donors (Lipinski definition) is 0. The monoisotopic (exact) mass is 580 g/mol. The van der Waals surface area contributed by atoms with Crippen molar-refractivity contribution in [3.8, 4) is 0 Å². The van der Waals surface area contributed by atoms with E-state index in [2.05, 4.69) is 146 Å². The third kappa shape index (κ3) is 4.81. The molecule has 0 saturated heterocycles. The highest BCUT2D eigenvalue weighted by Crippen LogP contribution is 2.55. The Bertz CT molecular complexity index is 1700. The van der Waals surface area contributed by atoms with E-state index in [9.17, 15) is 0 Å². The lowest BCUT2D eigenvalue weighted by molar-refractivity contribution is 0.459. The lowest BCUT2D eigenvalue weighted by atomic mass is 9.61. The van der Waals surface area contributed by atoms with E-state index >= 15 is 0 Å². The van der Waals surface area contributed by atoms with E-state index in [0.717, 1.165) is 6.42 Å². The van der Waals surface area contributed by atoms with E-state index in [1.54, 1.807) is 27.6 Å². The number of rotatable bonds is 10. The maximum atomic E-state index is 2.69. The Morgan fingerprint density at radius 3 is 1.89 bits per heavy atom. The average Bonchev–Trinajstić information content (AvgIpc) is 3.06. The zero-order chi connectivity index (χ0) is 31.2. The van der Waals surface area contributed by atoms with Crippen molar-refractivity contribution in [3.05, 3.63) is 136 Å². The summed E-state index contributed by atoms with van der Waals surface area (Å²) in [5, 5.41) is 3.04. The molecule has 0 aliphatic heterocycles. The largest absolute Gasteiger partial charge is 0.0720 e. The van der Waals surface area contributed by atoms with Crippen LogP contribution in [-0.2, 0) is 17.3 Å². The molecule has 0 radical (unpaired) electrons. The van der Waals surface area contributed by atoms with Crippen molar-refractivity contribution in [1.82, 2.24) is 0 Å². The summed E-state index contributed by atoms with van der Waals surface area (Å²) >= 11 is 0. The van der Waals surface area contributed by atoms with Crippen molar-refractivity contribution in [2.45, 2.75) is 110 Å². The van der Waals surface area contributed by atoms with Gasteiger partial charge in [-0.1, -0.05) is 146 Å². The molecular formula is C44H52. The zero-order valence-corrected chi connectivity index (χ0v) is 28.4. The Hall–Kier alpha value is -3.38. The highest BCUT2D eigenvalue weighted by atomic mass is 14.4. The molecule has 0 bridgehead atoms. The highest BCUT2D eigenvalue weighted by molar-refractivity contribution is 6.06. The fraction of sp³-hybridized carbons (Fsp3) is 0.409. The fourth-order valence-electron chi connectivity index (χ4n) is 8.68. The second kappa shape index (κ2) is 11.8. The molecule has 0 spiro atoms. The van der Waals surface area contributed by atoms with E-state index in [0.29, 0.717) is 17.8 Å². The van der Waals surface area contributed by atoms with E-state index in [4.69, 9.17) is 0 Å². The Kier molecular flexibility index (Phi) is 8.25. The van der Waals surface area contributed by atoms with E-state index in [1.807, 2.05) is 0 Å². The summed E-state index contributed by atoms with van der Waals surface area (Å²) in [7, 11) is 0. The first-order valence-corrected chi connectivity index (χ1v) is 17.3. The maximum Gasteiger partial charge on any atom is 0.0149 e. The average molecular weight is 581 g/mol. The first-order valence-electron chi connectivity index (χ1n) is 17.3. The lowest BCUT2D eigenvalue weighted by Crippen LogP contribution is -2.30. The second-order valence-electron chi connectivity index (χ2n) is 14.5. The molecule has 0 heterocycles. The van der Waals surface area contributed by atoms with Crippen LogP contribution in [-0.4, -0.2) is 0 Å². The molecule has 0 nitrogen and oxygen atoms in total. The quantitative estimate of drug-likeness (QED) is 0.175. The Morgan fingerprint density at radius 2 is 1.30 bits per heavy atom. The molecule has 2 aliphatic rings. The van der Waals surface area contributed by atoms with Gasteiger partial charge in [-0.15, -0.1) is 0 Å². The van der Waals surface area contributed by atoms with Crippen LogP contribution in [0.2, 0.25) is 0 Å². The van der Waals surface area contributed by atoms with Crippen molar-refractivity contribution in [2.75, 3.05) is 0 Å². The molecule has 0 amide bonds. The van der Waals surface area contributed by atoms with Gasteiger partial charge < -0.3 is 0 Å². The molecule has 44 heavy (non-hydrogen) atoms. The van der Waals surface area contributed by atoms with Crippen LogP contribution < -0.4 is 0 Å². The topological polar surface area (TPSA) is 0 Å². The van der Waals surface area contributed by atoms with Crippen molar-refractivity contribution in [1.29, 1.82) is 0 Å². The summed E-state index contributed by atoms with van der Waals surface area (Å²) in [5.41, 5.74) is 13.5. The van der Waals surface area contributed by atoms with Crippen molar-refractivity contribution < 1.29 is 0 Å². The zero-order valence-electron chi connectivity index (χ0n) is 28.4. The Labute approximate surface area is 267 Å². The van der Waals surface area contributed by atoms with Gasteiger partial charge in [0.2, 0.25) is 0 Å². The molecule has 6 rings (SSSR count). The third-order valence-electron chi connectivity index (χ3n) is 11.6. The highest BCUT2D eigenvalue weighted by Gasteiger charge is 2.40. The minimum atomic E-state index is -0.0922. The number of benzene rings is 4. The molecular weight excluding hydrogens is 528 g/mol. The van der Waals surface area contributed by atoms with Gasteiger partial charge >= 0.3 is 0 Å². The van der Waals surface area contributed by atoms with Gasteiger partial charge in [0.1, 0.15) is 0 Å². The van der Waals surface area contributed by atoms with E-state index in [1.165, 1.54) is 58.9 Å². The van der Waals surface area contributed by atoms with Crippen LogP contribution in [0.25, 0.3) is 16.3 Å². The fourth-order valence-corrected chi connectivity index (χ4v) is 8.68. The standard InChI is InChI=1S/C44H52/c1-9-29(10-2)37-27-39(43(5,6)31-19-15-13-16-20-31)35-26-24-34-38(30(11-3)12-4)28-40(36-25-23-33(37)41(35)42(34)36)44(7,8)32-21-17-14-18-22-32/h13-25,27-30,40H,9-12,26H2,1-8H3. The van der Waals surface area contributed by atoms with Gasteiger partial charge in [-0.05, 0) is 105 Å². The molecule has 1 atom stereocenters. The molecule has 1 unspecified atom stereocenters. The minimum absolute atomic E-state index is 0.0367. The molecule has 0 saturated carbocycles. The van der Waals surface area contributed by atoms with Crippen LogP contribution in [0.1, 0.15) is 132 Å². The van der Waals surface area contributed by atoms with Gasteiger partial charge in [-0.2, -0.15) is 0 Å². The van der Waals surface area contributed by atoms with Crippen LogP contribution in [0.15, 0.2) is 96.6 Å². The molecule has 4 aromatic rings. The Balaban J connectivity index is 1.71. The SMILES string of the molecule is CCC(CC)C1=CC(C(C)(C)c2ccccc2)c2ccc3c(C(CC)CC)cc(C(C)(C)c4ccccc4)c4c3c2C1=CC4. The number of allylic oxidation sites excluding steroid dienone is 4. The minimum Gasteiger partial charge on any atom is -0.0720 e. The summed E-state index contributed by atoms with van der Waals surface area (Å²) in [6.07, 6.45) is 11.0. The molecule has 4 aromatic carbocycles. The first-order chi connectivity index (χ1) is 21.2. The molecule has 0 heteroatoms. The van der Waals surface area contributed by atoms with Gasteiger partial charge in [0.15, 0.2) is 0 Å². The normalized spacial score (nSPS) is 16.5. The van der Waals surface area contributed by atoms with Gasteiger partial charge in [0.25, 0.3) is 0 Å². The predicted octanol–water partition coefficient (Wildman–Crippen LogP) is 12.4. The van der Waals surface area contributed by atoms with Crippen LogP contribution in [0.3, 0.4) is 0 Å². The first kappa shape index (κ1) is 30.6. The molecule has 0 fully saturated rings. The van der Waals surface area contributed by atoms with E-state index < -0.39 is 0 Å². The predicted molar refractivity (Wildman–Crippen MR) is 192 cm³/mol. The maximum absolute atomic E-state index is 2.69. The van der Waals surface area contributed by atoms with Crippen molar-refractivity contribution in [2.24, 2.45) is 5.92 Å². The van der Waals surface area contributed by atoms with Crippen molar-refractivity contribution in [3.63, 3.8) is 0 Å². The van der Waals surface area contributed by atoms with Gasteiger partial charge in [0.05, 0.1) is 0 Å². The molecule has 0 N–H and O–H groups in total. The third-order valence-corrected chi connectivity index (χ3v) is 11.6. The lowest BCUT2D eigenvalue weighted by Gasteiger charge is -2.42. The number of hydrogen-bond acceptors (Lipinski definition) is 0. The smallest absolute Gasteiger partial charge is 0.0149 e. The van der Waals surface area contributed by atoms with Crippen LogP contribution >= 0.6 is 0 Å². The Morgan fingerprint density at radius 1 is 0.705 bits per heavy atom. The van der Waals surface area contributed by atoms with Gasteiger partial charge in [0, 0.05) is 16.7 Å². The molecule has 0 aromatic heterocycles. The van der Waals surface area contributed by atoms with Crippen LogP contribution in [0.5, 0.6) is 0 Å². The van der Waals surface area contributed by atoms with Gasteiger partial charge in [-0.25, -0.2) is 0 Å². The summed E-state index contributed by atoms with van der Waals surface area (Å²) in [4.78, 5) is 0. The second-order valence-corrected chi connectivity index (χ2v) is 14.5. The van der Waals surface area contributed by atoms with Crippen molar-refractivity contribution >= 4 is 16.3 Å². The summed E-state index contributed by atoms with van der Waals surface area (Å²) < 4.78 is 0. The summed E-state index contributed by atoms with van der Waals surface area (Å²) in [6, 6.07) is 30.1. The molecule has 228 valence electrons. The van der Waals surface area contributed by atoms with E-state index in [-0.39, 0.29) is 10.8 Å². The molecule has 2 aliphatic carbocycles. The van der Waals surface area contributed by atoms with Crippen LogP contribution in [0.4, 0.5) is 0 Å². The van der Waals surface area contributed by atoms with Gasteiger partial charge in [-0.3, -0.25) is 0 Å². The van der Waals surface area contributed by atoms with Crippen LogP contribution in [0, 0.1) is 5.92 Å². The summed E-state index contributed by atoms with van der Waals surface area (Å²) in [6.45, 7) is 19.3. The summed E-state index contributed by atoms with van der Waals surface area (Å²) in [5.74, 6) is 1.43.